The smallest absolute Gasteiger partial charge is 0.269 e. The second-order valence-electron chi connectivity index (χ2n) is 8.20. The minimum absolute atomic E-state index is 0.0149. The standard InChI is InChI=1S/C25H20FN3O3/c26-18-10-8-15(9-11-18)17-13-22-24(23(30)14-17)25(16-4-3-5-19(12-16)29(31)32)28-21-7-2-1-6-20(21)27-22/h1-12,17,24-25,28H,13-14H2/t17-,24+,25-/m1/s1. The number of aliphatic imine (C=N–C) groups is 1. The number of carbonyl (C=O) groups is 1. The van der Waals surface area contributed by atoms with Crippen LogP contribution in [0.3, 0.4) is 0 Å². The molecule has 2 aliphatic rings. The number of benzene rings is 3. The monoisotopic (exact) mass is 429 g/mol. The molecule has 0 spiro atoms. The first kappa shape index (κ1) is 20.1. The zero-order valence-electron chi connectivity index (χ0n) is 17.1. The number of rotatable bonds is 3. The quantitative estimate of drug-likeness (QED) is 0.425. The SMILES string of the molecule is O=C1C[C@H](c2ccc(F)cc2)CC2=Nc3ccccc3N[C@H](c3cccc([N+](=O)[O-])c3)[C@H]12. The van der Waals surface area contributed by atoms with Crippen molar-refractivity contribution in [1.29, 1.82) is 0 Å². The van der Waals surface area contributed by atoms with Crippen LogP contribution >= 0.6 is 0 Å². The van der Waals surface area contributed by atoms with Gasteiger partial charge in [0.05, 0.1) is 28.3 Å². The van der Waals surface area contributed by atoms with Crippen LogP contribution in [0.1, 0.15) is 35.9 Å². The third-order valence-corrected chi connectivity index (χ3v) is 6.20. The number of para-hydroxylation sites is 2. The second-order valence-corrected chi connectivity index (χ2v) is 8.20. The average molecular weight is 429 g/mol. The predicted octanol–water partition coefficient (Wildman–Crippen LogP) is 5.74. The van der Waals surface area contributed by atoms with E-state index < -0.39 is 16.9 Å². The predicted molar refractivity (Wildman–Crippen MR) is 120 cm³/mol. The Kier molecular flexibility index (Phi) is 5.01. The van der Waals surface area contributed by atoms with Crippen LogP contribution in [-0.4, -0.2) is 16.4 Å². The van der Waals surface area contributed by atoms with Crippen molar-refractivity contribution in [3.05, 3.63) is 99.9 Å². The number of hydrogen-bond donors (Lipinski definition) is 1. The molecule has 0 amide bonds. The van der Waals surface area contributed by atoms with Gasteiger partial charge in [-0.3, -0.25) is 19.9 Å². The summed E-state index contributed by atoms with van der Waals surface area (Å²) in [6.07, 6.45) is 0.863. The Labute approximate surface area is 184 Å². The van der Waals surface area contributed by atoms with Crippen molar-refractivity contribution in [3.8, 4) is 0 Å². The third-order valence-electron chi connectivity index (χ3n) is 6.20. The molecule has 1 heterocycles. The van der Waals surface area contributed by atoms with Crippen molar-refractivity contribution in [2.45, 2.75) is 24.8 Å². The molecule has 0 aromatic heterocycles. The van der Waals surface area contributed by atoms with Gasteiger partial charge in [0.2, 0.25) is 0 Å². The fourth-order valence-electron chi connectivity index (χ4n) is 4.68. The van der Waals surface area contributed by atoms with E-state index in [0.29, 0.717) is 18.4 Å². The Hall–Kier alpha value is -3.87. The van der Waals surface area contributed by atoms with Gasteiger partial charge in [0, 0.05) is 24.3 Å². The fourth-order valence-corrected chi connectivity index (χ4v) is 4.68. The summed E-state index contributed by atoms with van der Waals surface area (Å²) in [7, 11) is 0. The molecule has 5 rings (SSSR count). The topological polar surface area (TPSA) is 84.6 Å². The van der Waals surface area contributed by atoms with Crippen molar-refractivity contribution in [2.75, 3.05) is 5.32 Å². The lowest BCUT2D eigenvalue weighted by Gasteiger charge is -2.34. The molecule has 0 unspecified atom stereocenters. The molecule has 3 atom stereocenters. The molecule has 3 aromatic rings. The van der Waals surface area contributed by atoms with Gasteiger partial charge < -0.3 is 5.32 Å². The molecule has 0 saturated heterocycles. The number of Topliss-reactive ketones (excluding diaryl/α,β-unsaturated/α-hetero) is 1. The minimum atomic E-state index is -0.541. The largest absolute Gasteiger partial charge is 0.375 e. The molecule has 6 nitrogen and oxygen atoms in total. The highest BCUT2D eigenvalue weighted by molar-refractivity contribution is 6.10. The third kappa shape index (κ3) is 3.66. The molecular weight excluding hydrogens is 409 g/mol. The lowest BCUT2D eigenvalue weighted by molar-refractivity contribution is -0.384. The summed E-state index contributed by atoms with van der Waals surface area (Å²) in [5.74, 6) is -0.930. The summed E-state index contributed by atoms with van der Waals surface area (Å²) in [6, 6.07) is 19.7. The molecule has 1 aliphatic heterocycles. The lowest BCUT2D eigenvalue weighted by Crippen LogP contribution is -2.38. The highest BCUT2D eigenvalue weighted by Gasteiger charge is 2.41. The fraction of sp³-hybridized carbons (Fsp3) is 0.200. The molecule has 1 saturated carbocycles. The maximum absolute atomic E-state index is 13.5. The Bertz CT molecular complexity index is 1240. The first-order valence-electron chi connectivity index (χ1n) is 10.4. The Morgan fingerprint density at radius 1 is 0.969 bits per heavy atom. The van der Waals surface area contributed by atoms with Crippen LogP contribution in [0.2, 0.25) is 0 Å². The number of non-ortho nitro benzene ring substituents is 1. The summed E-state index contributed by atoms with van der Waals surface area (Å²) >= 11 is 0. The van der Waals surface area contributed by atoms with Crippen LogP contribution in [0.25, 0.3) is 0 Å². The summed E-state index contributed by atoms with van der Waals surface area (Å²) in [5, 5.41) is 14.8. The molecule has 7 heteroatoms. The lowest BCUT2D eigenvalue weighted by atomic mass is 9.72. The van der Waals surface area contributed by atoms with Crippen LogP contribution in [0, 0.1) is 21.8 Å². The number of halogens is 1. The highest BCUT2D eigenvalue weighted by atomic mass is 19.1. The number of hydrogen-bond acceptors (Lipinski definition) is 5. The summed E-state index contributed by atoms with van der Waals surface area (Å²) in [5.41, 5.74) is 3.79. The van der Waals surface area contributed by atoms with Crippen molar-refractivity contribution in [2.24, 2.45) is 10.9 Å². The van der Waals surface area contributed by atoms with Gasteiger partial charge in [-0.05, 0) is 47.7 Å². The number of fused-ring (bicyclic) bond motifs is 2. The number of nitro benzene ring substituents is 1. The molecule has 0 radical (unpaired) electrons. The minimum Gasteiger partial charge on any atom is -0.375 e. The van der Waals surface area contributed by atoms with Crippen molar-refractivity contribution < 1.29 is 14.1 Å². The molecule has 1 aliphatic carbocycles. The highest BCUT2D eigenvalue weighted by Crippen LogP contribution is 2.44. The van der Waals surface area contributed by atoms with Gasteiger partial charge in [-0.15, -0.1) is 0 Å². The normalized spacial score (nSPS) is 22.1. The molecule has 1 fully saturated rings. The van der Waals surface area contributed by atoms with E-state index in [1.165, 1.54) is 24.3 Å². The molecular formula is C25H20FN3O3. The first-order chi connectivity index (χ1) is 15.5. The van der Waals surface area contributed by atoms with Gasteiger partial charge in [0.1, 0.15) is 11.6 Å². The van der Waals surface area contributed by atoms with E-state index in [9.17, 15) is 19.3 Å². The molecule has 160 valence electrons. The zero-order chi connectivity index (χ0) is 22.2. The van der Waals surface area contributed by atoms with E-state index in [4.69, 9.17) is 4.99 Å². The summed E-state index contributed by atoms with van der Waals surface area (Å²) < 4.78 is 13.4. The number of anilines is 1. The van der Waals surface area contributed by atoms with Gasteiger partial charge in [-0.2, -0.15) is 0 Å². The Morgan fingerprint density at radius 2 is 1.75 bits per heavy atom. The van der Waals surface area contributed by atoms with Crippen LogP contribution in [0.5, 0.6) is 0 Å². The van der Waals surface area contributed by atoms with Crippen LogP contribution in [0.15, 0.2) is 77.8 Å². The number of nitrogens with one attached hydrogen (secondary N) is 1. The molecule has 0 bridgehead atoms. The first-order valence-corrected chi connectivity index (χ1v) is 10.4. The van der Waals surface area contributed by atoms with E-state index in [1.807, 2.05) is 24.3 Å². The number of nitro groups is 1. The summed E-state index contributed by atoms with van der Waals surface area (Å²) in [6.45, 7) is 0. The van der Waals surface area contributed by atoms with E-state index in [1.54, 1.807) is 24.3 Å². The van der Waals surface area contributed by atoms with Crippen molar-refractivity contribution in [3.63, 3.8) is 0 Å². The van der Waals surface area contributed by atoms with Crippen LogP contribution < -0.4 is 5.32 Å². The van der Waals surface area contributed by atoms with Gasteiger partial charge in [0.25, 0.3) is 5.69 Å². The van der Waals surface area contributed by atoms with Crippen molar-refractivity contribution in [1.82, 2.24) is 0 Å². The number of carbonyl (C=O) groups excluding carboxylic acids is 1. The Morgan fingerprint density at radius 3 is 2.53 bits per heavy atom. The molecule has 1 N–H and O–H groups in total. The number of nitrogens with zero attached hydrogens (tertiary/aromatic N) is 2. The van der Waals surface area contributed by atoms with E-state index >= 15 is 0 Å². The van der Waals surface area contributed by atoms with E-state index in [0.717, 1.165) is 22.6 Å². The van der Waals surface area contributed by atoms with Crippen LogP contribution in [-0.2, 0) is 4.79 Å². The maximum atomic E-state index is 13.5. The molecule has 3 aromatic carbocycles. The maximum Gasteiger partial charge on any atom is 0.269 e. The van der Waals surface area contributed by atoms with Crippen LogP contribution in [0.4, 0.5) is 21.5 Å². The number of ketones is 1. The summed E-state index contributed by atoms with van der Waals surface area (Å²) in [4.78, 5) is 29.2. The molecule has 32 heavy (non-hydrogen) atoms. The van der Waals surface area contributed by atoms with Gasteiger partial charge >= 0.3 is 0 Å². The Balaban J connectivity index is 1.59. The van der Waals surface area contributed by atoms with Gasteiger partial charge in [0.15, 0.2) is 0 Å². The van der Waals surface area contributed by atoms with E-state index in [-0.39, 0.29) is 23.2 Å². The second kappa shape index (κ2) is 8.00. The van der Waals surface area contributed by atoms with Crippen molar-refractivity contribution >= 4 is 28.6 Å². The average Bonchev–Trinajstić information content (AvgIpc) is 2.96. The zero-order valence-corrected chi connectivity index (χ0v) is 17.1. The van der Waals surface area contributed by atoms with E-state index in [2.05, 4.69) is 5.32 Å². The van der Waals surface area contributed by atoms with Gasteiger partial charge in [-0.25, -0.2) is 4.39 Å². The van der Waals surface area contributed by atoms with Gasteiger partial charge in [-0.1, -0.05) is 36.4 Å².